The van der Waals surface area contributed by atoms with Crippen molar-refractivity contribution >= 4 is 11.5 Å². The normalized spacial score (nSPS) is 11.0. The van der Waals surface area contributed by atoms with E-state index in [0.717, 1.165) is 11.4 Å². The highest BCUT2D eigenvalue weighted by Crippen LogP contribution is 2.16. The largest absolute Gasteiger partial charge is 0.491 e. The van der Waals surface area contributed by atoms with Crippen LogP contribution < -0.4 is 10.1 Å². The molecule has 0 aliphatic carbocycles. The van der Waals surface area contributed by atoms with Gasteiger partial charge in [-0.15, -0.1) is 0 Å². The van der Waals surface area contributed by atoms with Crippen molar-refractivity contribution < 1.29 is 28.5 Å². The molecule has 0 saturated carbocycles. The van der Waals surface area contributed by atoms with Gasteiger partial charge in [0.15, 0.2) is 5.78 Å². The molecule has 1 N–H and O–H groups in total. The molecule has 0 heterocycles. The van der Waals surface area contributed by atoms with Crippen LogP contribution in [0.5, 0.6) is 5.75 Å². The first-order chi connectivity index (χ1) is 13.1. The van der Waals surface area contributed by atoms with Gasteiger partial charge in [0, 0.05) is 11.7 Å². The maximum atomic E-state index is 10.7. The monoisotopic (exact) mass is 383 g/mol. The van der Waals surface area contributed by atoms with Gasteiger partial charge in [-0.1, -0.05) is 0 Å². The molecule has 1 aromatic carbocycles. The summed E-state index contributed by atoms with van der Waals surface area (Å²) in [7, 11) is 0. The second-order valence-corrected chi connectivity index (χ2v) is 6.26. The van der Waals surface area contributed by atoms with Gasteiger partial charge in [0.1, 0.15) is 19.0 Å². The van der Waals surface area contributed by atoms with Crippen molar-refractivity contribution in [3.8, 4) is 5.75 Å². The van der Waals surface area contributed by atoms with Crippen molar-refractivity contribution in [2.24, 2.45) is 0 Å². The zero-order valence-electron chi connectivity index (χ0n) is 16.7. The van der Waals surface area contributed by atoms with Gasteiger partial charge >= 0.3 is 0 Å². The molecule has 0 aliphatic heterocycles. The van der Waals surface area contributed by atoms with Crippen molar-refractivity contribution in [1.82, 2.24) is 0 Å². The molecule has 0 atom stereocenters. The average molecular weight is 383 g/mol. The van der Waals surface area contributed by atoms with E-state index < -0.39 is 0 Å². The van der Waals surface area contributed by atoms with E-state index in [4.69, 9.17) is 23.7 Å². The van der Waals surface area contributed by atoms with Crippen LogP contribution in [0.4, 0.5) is 5.69 Å². The summed E-state index contributed by atoms with van der Waals surface area (Å²) in [5, 5.41) is 3.33. The lowest BCUT2D eigenvalue weighted by atomic mass is 10.3. The number of carbonyl (C=O) groups excluding carboxylic acids is 1. The summed E-state index contributed by atoms with van der Waals surface area (Å²) in [6.07, 6.45) is 0. The summed E-state index contributed by atoms with van der Waals surface area (Å²) in [5.74, 6) is 0.842. The smallest absolute Gasteiger partial charge is 0.155 e. The Hall–Kier alpha value is -1.67. The molecule has 154 valence electrons. The minimum atomic E-state index is 0.0144. The van der Waals surface area contributed by atoms with E-state index in [9.17, 15) is 4.79 Å². The topological polar surface area (TPSA) is 75.3 Å². The average Bonchev–Trinajstić information content (AvgIpc) is 2.62. The van der Waals surface area contributed by atoms with E-state index in [1.165, 1.54) is 6.92 Å². The van der Waals surface area contributed by atoms with Gasteiger partial charge in [-0.05, 0) is 45.0 Å². The highest BCUT2D eigenvalue weighted by molar-refractivity contribution is 5.76. The summed E-state index contributed by atoms with van der Waals surface area (Å²) in [4.78, 5) is 10.7. The minimum Gasteiger partial charge on any atom is -0.491 e. The van der Waals surface area contributed by atoms with E-state index in [-0.39, 0.29) is 12.4 Å². The molecule has 0 unspecified atom stereocenters. The van der Waals surface area contributed by atoms with E-state index in [2.05, 4.69) is 19.2 Å². The van der Waals surface area contributed by atoms with Crippen LogP contribution in [0, 0.1) is 0 Å². The lowest BCUT2D eigenvalue weighted by Crippen LogP contribution is -2.14. The van der Waals surface area contributed by atoms with Gasteiger partial charge in [-0.3, -0.25) is 4.79 Å². The predicted molar refractivity (Wildman–Crippen MR) is 105 cm³/mol. The fraction of sp³-hybridized carbons (Fsp3) is 0.650. The second kappa shape index (κ2) is 15.4. The van der Waals surface area contributed by atoms with Crippen LogP contribution >= 0.6 is 0 Å². The number of ketones is 1. The number of hydrogen-bond acceptors (Lipinski definition) is 7. The zero-order valence-corrected chi connectivity index (χ0v) is 16.7. The Bertz CT molecular complexity index is 492. The first kappa shape index (κ1) is 23.4. The van der Waals surface area contributed by atoms with Gasteiger partial charge < -0.3 is 29.0 Å². The summed E-state index contributed by atoms with van der Waals surface area (Å²) in [5.41, 5.74) is 1.08. The second-order valence-electron chi connectivity index (χ2n) is 6.26. The summed E-state index contributed by atoms with van der Waals surface area (Å²) >= 11 is 0. The fourth-order valence-corrected chi connectivity index (χ4v) is 2.07. The quantitative estimate of drug-likeness (QED) is 0.414. The van der Waals surface area contributed by atoms with Crippen molar-refractivity contribution in [2.45, 2.75) is 26.8 Å². The molecule has 1 rings (SSSR count). The Morgan fingerprint density at radius 2 is 1.30 bits per heavy atom. The number of anilines is 1. The van der Waals surface area contributed by atoms with E-state index >= 15 is 0 Å². The van der Waals surface area contributed by atoms with Crippen LogP contribution in [0.2, 0.25) is 0 Å². The molecule has 0 fully saturated rings. The standard InChI is InChI=1S/C20H33NO6/c1-17(2)21-19-4-6-20(7-5-19)27-15-14-25-11-10-23-8-9-24-12-13-26-16-18(3)22/h4-7,17,21H,8-16H2,1-3H3. The third kappa shape index (κ3) is 14.1. The van der Waals surface area contributed by atoms with Crippen LogP contribution in [-0.4, -0.2) is 71.3 Å². The summed E-state index contributed by atoms with van der Waals surface area (Å²) in [6.45, 7) is 9.75. The maximum absolute atomic E-state index is 10.7. The molecule has 0 bridgehead atoms. The van der Waals surface area contributed by atoms with Crippen molar-refractivity contribution in [1.29, 1.82) is 0 Å². The van der Waals surface area contributed by atoms with Gasteiger partial charge in [0.2, 0.25) is 0 Å². The Kier molecular flexibility index (Phi) is 13.3. The van der Waals surface area contributed by atoms with Crippen LogP contribution in [0.3, 0.4) is 0 Å². The maximum Gasteiger partial charge on any atom is 0.155 e. The van der Waals surface area contributed by atoms with Crippen molar-refractivity contribution in [2.75, 3.05) is 64.8 Å². The van der Waals surface area contributed by atoms with E-state index in [1.807, 2.05) is 24.3 Å². The van der Waals surface area contributed by atoms with Gasteiger partial charge in [-0.2, -0.15) is 0 Å². The third-order valence-corrected chi connectivity index (χ3v) is 3.23. The molecule has 0 aromatic heterocycles. The Morgan fingerprint density at radius 1 is 0.815 bits per heavy atom. The summed E-state index contributed by atoms with van der Waals surface area (Å²) < 4.78 is 26.9. The lowest BCUT2D eigenvalue weighted by molar-refractivity contribution is -0.122. The number of ether oxygens (including phenoxy) is 5. The van der Waals surface area contributed by atoms with E-state index in [1.54, 1.807) is 0 Å². The Morgan fingerprint density at radius 3 is 1.78 bits per heavy atom. The zero-order chi connectivity index (χ0) is 19.7. The molecular formula is C20H33NO6. The molecular weight excluding hydrogens is 350 g/mol. The van der Waals surface area contributed by atoms with Gasteiger partial charge in [0.05, 0.1) is 46.2 Å². The molecule has 7 heteroatoms. The number of nitrogens with one attached hydrogen (secondary N) is 1. The number of carbonyl (C=O) groups is 1. The molecule has 0 radical (unpaired) electrons. The van der Waals surface area contributed by atoms with Crippen LogP contribution in [0.25, 0.3) is 0 Å². The summed E-state index contributed by atoms with van der Waals surface area (Å²) in [6, 6.07) is 8.30. The van der Waals surface area contributed by atoms with Crippen molar-refractivity contribution in [3.63, 3.8) is 0 Å². The van der Waals surface area contributed by atoms with Crippen LogP contribution in [0.15, 0.2) is 24.3 Å². The van der Waals surface area contributed by atoms with Gasteiger partial charge in [-0.25, -0.2) is 0 Å². The molecule has 27 heavy (non-hydrogen) atoms. The van der Waals surface area contributed by atoms with Crippen LogP contribution in [0.1, 0.15) is 20.8 Å². The minimum absolute atomic E-state index is 0.0144. The third-order valence-electron chi connectivity index (χ3n) is 3.23. The predicted octanol–water partition coefficient (Wildman–Crippen LogP) is 2.54. The first-order valence-corrected chi connectivity index (χ1v) is 9.37. The molecule has 0 saturated heterocycles. The fourth-order valence-electron chi connectivity index (χ4n) is 2.07. The lowest BCUT2D eigenvalue weighted by Gasteiger charge is -2.11. The molecule has 1 aromatic rings. The number of rotatable bonds is 17. The van der Waals surface area contributed by atoms with Crippen molar-refractivity contribution in [3.05, 3.63) is 24.3 Å². The Balaban J connectivity index is 1.86. The van der Waals surface area contributed by atoms with Crippen LogP contribution in [-0.2, 0) is 23.7 Å². The molecule has 0 amide bonds. The molecule has 0 aliphatic rings. The first-order valence-electron chi connectivity index (χ1n) is 9.37. The highest BCUT2D eigenvalue weighted by Gasteiger charge is 1.98. The molecule has 7 nitrogen and oxygen atoms in total. The molecule has 0 spiro atoms. The Labute approximate surface area is 162 Å². The number of Topliss-reactive ketones (excluding diaryl/α,β-unsaturated/α-hetero) is 1. The van der Waals surface area contributed by atoms with Gasteiger partial charge in [0.25, 0.3) is 0 Å². The highest BCUT2D eigenvalue weighted by atomic mass is 16.6. The number of hydrogen-bond donors (Lipinski definition) is 1. The van der Waals surface area contributed by atoms with E-state index in [0.29, 0.717) is 58.9 Å². The SMILES string of the molecule is CC(=O)COCCOCCOCCOCCOc1ccc(NC(C)C)cc1. The number of benzene rings is 1.